The van der Waals surface area contributed by atoms with Gasteiger partial charge in [0.15, 0.2) is 6.23 Å². The quantitative estimate of drug-likeness (QED) is 0.433. The van der Waals surface area contributed by atoms with Gasteiger partial charge in [-0.25, -0.2) is 4.79 Å². The fourth-order valence-electron chi connectivity index (χ4n) is 3.73. The first-order valence-electron chi connectivity index (χ1n) is 9.48. The number of aromatic amines is 1. The van der Waals surface area contributed by atoms with E-state index in [1.807, 2.05) is 18.2 Å². The zero-order chi connectivity index (χ0) is 22.1. The number of furan rings is 1. The van der Waals surface area contributed by atoms with Gasteiger partial charge >= 0.3 is 5.69 Å². The van der Waals surface area contributed by atoms with Crippen molar-refractivity contribution in [2.24, 2.45) is 0 Å². The van der Waals surface area contributed by atoms with Crippen LogP contribution in [-0.4, -0.2) is 58.2 Å². The van der Waals surface area contributed by atoms with E-state index in [2.05, 4.69) is 4.98 Å². The number of aromatic nitrogens is 2. The fraction of sp³-hybridized carbons (Fsp3) is 0.350. The number of para-hydroxylation sites is 1. The number of amides is 1. The minimum Gasteiger partial charge on any atom is -0.464 e. The number of hydrogen-bond acceptors (Lipinski definition) is 8. The molecular formula is C20H21N3O8. The van der Waals surface area contributed by atoms with Gasteiger partial charge in [-0.05, 0) is 6.07 Å². The van der Waals surface area contributed by atoms with Crippen LogP contribution in [0.5, 0.6) is 0 Å². The number of benzene rings is 1. The highest BCUT2D eigenvalue weighted by Gasteiger charge is 2.45. The van der Waals surface area contributed by atoms with Gasteiger partial charge in [-0.2, -0.15) is 0 Å². The van der Waals surface area contributed by atoms with Crippen LogP contribution < -0.4 is 16.1 Å². The molecule has 0 bridgehead atoms. The van der Waals surface area contributed by atoms with Gasteiger partial charge in [-0.1, -0.05) is 18.2 Å². The van der Waals surface area contributed by atoms with E-state index in [9.17, 15) is 24.6 Å². The first-order chi connectivity index (χ1) is 15.0. The molecule has 11 heteroatoms. The minimum absolute atomic E-state index is 0.0168. The van der Waals surface area contributed by atoms with Crippen LogP contribution in [0.15, 0.2) is 50.7 Å². The first kappa shape index (κ1) is 21.0. The lowest BCUT2D eigenvalue weighted by Gasteiger charge is -2.22. The van der Waals surface area contributed by atoms with Crippen molar-refractivity contribution in [2.45, 2.75) is 31.1 Å². The van der Waals surface area contributed by atoms with E-state index in [0.717, 1.165) is 14.9 Å². The van der Waals surface area contributed by atoms with Crippen molar-refractivity contribution in [3.05, 3.63) is 63.1 Å². The average Bonchev–Trinajstić information content (AvgIpc) is 3.32. The Balaban J connectivity index is 1.72. The van der Waals surface area contributed by atoms with Gasteiger partial charge in [-0.15, -0.1) is 0 Å². The van der Waals surface area contributed by atoms with Crippen molar-refractivity contribution in [3.8, 4) is 0 Å². The van der Waals surface area contributed by atoms with Crippen LogP contribution in [0.4, 0.5) is 5.69 Å². The Bertz CT molecular complexity index is 1200. The van der Waals surface area contributed by atoms with Crippen LogP contribution in [0, 0.1) is 0 Å². The number of aliphatic hydroxyl groups excluding tert-OH is 2. The van der Waals surface area contributed by atoms with Crippen LogP contribution in [0.3, 0.4) is 0 Å². The van der Waals surface area contributed by atoms with E-state index in [1.165, 1.54) is 19.6 Å². The second-order valence-corrected chi connectivity index (χ2v) is 7.11. The van der Waals surface area contributed by atoms with Crippen molar-refractivity contribution in [3.63, 3.8) is 0 Å². The number of nitrogens with zero attached hydrogens (tertiary/aromatic N) is 2. The Morgan fingerprint density at radius 1 is 1.32 bits per heavy atom. The molecule has 1 aliphatic rings. The Labute approximate surface area is 175 Å². The molecule has 1 aliphatic heterocycles. The zero-order valence-electron chi connectivity index (χ0n) is 16.5. The summed E-state index contributed by atoms with van der Waals surface area (Å²) in [6, 6.07) is 7.25. The summed E-state index contributed by atoms with van der Waals surface area (Å²) < 4.78 is 17.3. The molecule has 0 unspecified atom stereocenters. The highest BCUT2D eigenvalue weighted by molar-refractivity contribution is 5.83. The lowest BCUT2D eigenvalue weighted by Crippen LogP contribution is -2.40. The van der Waals surface area contributed by atoms with E-state index >= 15 is 0 Å². The summed E-state index contributed by atoms with van der Waals surface area (Å²) in [7, 11) is 1.32. The molecular weight excluding hydrogens is 410 g/mol. The topological polar surface area (TPSA) is 147 Å². The third-order valence-corrected chi connectivity index (χ3v) is 5.33. The van der Waals surface area contributed by atoms with E-state index in [0.29, 0.717) is 17.6 Å². The third-order valence-electron chi connectivity index (χ3n) is 5.33. The highest BCUT2D eigenvalue weighted by atomic mass is 16.6. The molecule has 0 spiro atoms. The summed E-state index contributed by atoms with van der Waals surface area (Å²) in [5.74, 6) is 0. The zero-order valence-corrected chi connectivity index (χ0v) is 16.5. The Morgan fingerprint density at radius 3 is 2.81 bits per heavy atom. The lowest BCUT2D eigenvalue weighted by molar-refractivity contribution is -0.107. The molecule has 31 heavy (non-hydrogen) atoms. The Morgan fingerprint density at radius 2 is 2.10 bits per heavy atom. The molecule has 1 amide bonds. The smallest absolute Gasteiger partial charge is 0.330 e. The summed E-state index contributed by atoms with van der Waals surface area (Å²) in [4.78, 5) is 40.1. The van der Waals surface area contributed by atoms with Crippen LogP contribution >= 0.6 is 0 Å². The van der Waals surface area contributed by atoms with Crippen LogP contribution in [0.2, 0.25) is 0 Å². The highest BCUT2D eigenvalue weighted by Crippen LogP contribution is 2.31. The predicted octanol–water partition coefficient (Wildman–Crippen LogP) is -0.289. The van der Waals surface area contributed by atoms with Gasteiger partial charge in [0.05, 0.1) is 19.4 Å². The number of aliphatic hydroxyl groups is 2. The predicted molar refractivity (Wildman–Crippen MR) is 108 cm³/mol. The largest absolute Gasteiger partial charge is 0.464 e. The number of ether oxygens (including phenoxy) is 2. The number of methoxy groups -OCH3 is 1. The fourth-order valence-corrected chi connectivity index (χ4v) is 3.73. The lowest BCUT2D eigenvalue weighted by atomic mass is 10.1. The molecule has 11 nitrogen and oxygen atoms in total. The normalized spacial score (nSPS) is 23.3. The third kappa shape index (κ3) is 3.68. The monoisotopic (exact) mass is 431 g/mol. The SMILES string of the molecule is CO[C@@H]1[C@@H](O)[C@@H](CO)O[C@H]1n1cc(N(C=O)Cc2coc3ccccc23)c(=O)[nH]c1=O. The second kappa shape index (κ2) is 8.47. The van der Waals surface area contributed by atoms with Gasteiger partial charge < -0.3 is 29.0 Å². The maximum atomic E-state index is 12.5. The van der Waals surface area contributed by atoms with Crippen molar-refractivity contribution in [2.75, 3.05) is 18.6 Å². The van der Waals surface area contributed by atoms with E-state index < -0.39 is 42.4 Å². The van der Waals surface area contributed by atoms with Crippen molar-refractivity contribution in [1.82, 2.24) is 9.55 Å². The summed E-state index contributed by atoms with van der Waals surface area (Å²) in [6.45, 7) is -0.473. The first-order valence-corrected chi connectivity index (χ1v) is 9.48. The number of rotatable bonds is 7. The molecule has 1 aromatic carbocycles. The molecule has 0 aliphatic carbocycles. The maximum absolute atomic E-state index is 12.5. The average molecular weight is 431 g/mol. The van der Waals surface area contributed by atoms with Gasteiger partial charge in [0.2, 0.25) is 6.41 Å². The van der Waals surface area contributed by atoms with Gasteiger partial charge in [0, 0.05) is 24.3 Å². The molecule has 3 heterocycles. The number of hydrogen-bond donors (Lipinski definition) is 3. The number of H-pyrrole nitrogens is 1. The number of fused-ring (bicyclic) bond motifs is 1. The maximum Gasteiger partial charge on any atom is 0.330 e. The molecule has 1 saturated heterocycles. The summed E-state index contributed by atoms with van der Waals surface area (Å²) in [5, 5.41) is 20.4. The molecule has 0 radical (unpaired) electrons. The van der Waals surface area contributed by atoms with E-state index in [4.69, 9.17) is 13.9 Å². The molecule has 2 aromatic heterocycles. The van der Waals surface area contributed by atoms with Crippen molar-refractivity contribution < 1.29 is 28.9 Å². The van der Waals surface area contributed by atoms with E-state index in [1.54, 1.807) is 6.07 Å². The number of nitrogens with one attached hydrogen (secondary N) is 1. The second-order valence-electron chi connectivity index (χ2n) is 7.11. The van der Waals surface area contributed by atoms with Crippen LogP contribution in [-0.2, 0) is 20.8 Å². The standard InChI is InChI=1S/C20H21N3O8/c1-29-17-16(26)15(8-24)31-19(17)23-7-13(18(27)21-20(23)28)22(10-25)6-11-9-30-14-5-3-2-4-12(11)14/h2-5,7,9-10,15-17,19,24,26H,6,8H2,1H3,(H,21,27,28)/t15-,16+,17-,19-/m1/s1. The molecule has 3 N–H and O–H groups in total. The van der Waals surface area contributed by atoms with Gasteiger partial charge in [-0.3, -0.25) is 19.1 Å². The molecule has 164 valence electrons. The summed E-state index contributed by atoms with van der Waals surface area (Å²) in [6.07, 6.45) is -1.14. The minimum atomic E-state index is -1.19. The van der Waals surface area contributed by atoms with E-state index in [-0.39, 0.29) is 12.2 Å². The number of carbonyl (C=O) groups excluding carboxylic acids is 1. The van der Waals surface area contributed by atoms with Crippen molar-refractivity contribution in [1.29, 1.82) is 0 Å². The summed E-state index contributed by atoms with van der Waals surface area (Å²) >= 11 is 0. The Kier molecular flexibility index (Phi) is 5.74. The Hall–Kier alpha value is -3.25. The molecule has 3 aromatic rings. The van der Waals surface area contributed by atoms with Crippen LogP contribution in [0.25, 0.3) is 11.0 Å². The van der Waals surface area contributed by atoms with Gasteiger partial charge in [0.25, 0.3) is 5.56 Å². The number of carbonyl (C=O) groups is 1. The number of anilines is 1. The molecule has 4 atom stereocenters. The van der Waals surface area contributed by atoms with Crippen molar-refractivity contribution >= 4 is 23.1 Å². The van der Waals surface area contributed by atoms with Crippen LogP contribution in [0.1, 0.15) is 11.8 Å². The van der Waals surface area contributed by atoms with Gasteiger partial charge in [0.1, 0.15) is 29.6 Å². The summed E-state index contributed by atoms with van der Waals surface area (Å²) in [5.41, 5.74) is -0.394. The molecule has 1 fully saturated rings. The molecule has 0 saturated carbocycles. The molecule has 4 rings (SSSR count).